The Balaban J connectivity index is 2.50. The van der Waals surface area contributed by atoms with E-state index < -0.39 is 12.1 Å². The van der Waals surface area contributed by atoms with Crippen LogP contribution in [0.25, 0.3) is 0 Å². The minimum Gasteiger partial charge on any atom is -0.391 e. The number of nitrogens with one attached hydrogen (secondary N) is 2. The number of carbonyl (C=O) groups excluding carboxylic acids is 2. The van der Waals surface area contributed by atoms with E-state index in [0.29, 0.717) is 5.56 Å². The summed E-state index contributed by atoms with van der Waals surface area (Å²) in [7, 11) is 0. The van der Waals surface area contributed by atoms with E-state index in [1.807, 2.05) is 26.8 Å². The lowest BCUT2D eigenvalue weighted by molar-refractivity contribution is -0.123. The molecule has 0 heterocycles. The van der Waals surface area contributed by atoms with Crippen molar-refractivity contribution in [3.63, 3.8) is 0 Å². The van der Waals surface area contributed by atoms with Gasteiger partial charge in [0.2, 0.25) is 5.91 Å². The maximum atomic E-state index is 12.0. The molecule has 0 radical (unpaired) electrons. The first-order chi connectivity index (χ1) is 9.81. The second-order valence-corrected chi connectivity index (χ2v) is 5.62. The highest BCUT2D eigenvalue weighted by atomic mass is 16.3. The van der Waals surface area contributed by atoms with Gasteiger partial charge < -0.3 is 15.7 Å². The van der Waals surface area contributed by atoms with Crippen molar-refractivity contribution in [2.45, 2.75) is 39.8 Å². The molecule has 0 saturated carbocycles. The van der Waals surface area contributed by atoms with Gasteiger partial charge in [0.05, 0.1) is 6.10 Å². The number of hydrogen-bond acceptors (Lipinski definition) is 3. The zero-order valence-corrected chi connectivity index (χ0v) is 13.0. The van der Waals surface area contributed by atoms with Crippen molar-refractivity contribution in [3.8, 4) is 0 Å². The molecule has 21 heavy (non-hydrogen) atoms. The van der Waals surface area contributed by atoms with E-state index in [4.69, 9.17) is 0 Å². The number of amides is 2. The normalized spacial score (nSPS) is 13.6. The average molecular weight is 292 g/mol. The highest BCUT2D eigenvalue weighted by Gasteiger charge is 2.18. The van der Waals surface area contributed by atoms with Crippen molar-refractivity contribution in [1.82, 2.24) is 10.6 Å². The van der Waals surface area contributed by atoms with Gasteiger partial charge in [0.15, 0.2) is 0 Å². The van der Waals surface area contributed by atoms with Gasteiger partial charge in [-0.25, -0.2) is 0 Å². The van der Waals surface area contributed by atoms with Crippen LogP contribution in [0.15, 0.2) is 24.3 Å². The summed E-state index contributed by atoms with van der Waals surface area (Å²) in [6, 6.07) is 6.52. The average Bonchev–Trinajstić information content (AvgIpc) is 2.43. The Labute approximate surface area is 125 Å². The van der Waals surface area contributed by atoms with E-state index in [1.54, 1.807) is 25.1 Å². The Morgan fingerprint density at radius 1 is 1.24 bits per heavy atom. The third kappa shape index (κ3) is 5.55. The van der Waals surface area contributed by atoms with Crippen LogP contribution in [-0.4, -0.2) is 35.6 Å². The van der Waals surface area contributed by atoms with Crippen LogP contribution < -0.4 is 10.6 Å². The molecule has 0 fully saturated rings. The van der Waals surface area contributed by atoms with Crippen molar-refractivity contribution in [1.29, 1.82) is 0 Å². The highest BCUT2D eigenvalue weighted by Crippen LogP contribution is 2.04. The summed E-state index contributed by atoms with van der Waals surface area (Å²) in [5.74, 6) is -0.524. The van der Waals surface area contributed by atoms with Crippen LogP contribution >= 0.6 is 0 Å². The molecular formula is C16H24N2O3. The topological polar surface area (TPSA) is 78.4 Å². The standard InChI is InChI=1S/C16H24N2O3/c1-10(2)14(19)9-17-15(20)12(4)18-16(21)13-7-5-6-11(3)8-13/h5-8,10,12,14,19H,9H2,1-4H3,(H,17,20)(H,18,21). The van der Waals surface area contributed by atoms with Gasteiger partial charge >= 0.3 is 0 Å². The van der Waals surface area contributed by atoms with Crippen molar-refractivity contribution in [2.75, 3.05) is 6.54 Å². The summed E-state index contributed by atoms with van der Waals surface area (Å²) >= 11 is 0. The van der Waals surface area contributed by atoms with Gasteiger partial charge in [-0.15, -0.1) is 0 Å². The third-order valence-electron chi connectivity index (χ3n) is 3.28. The van der Waals surface area contributed by atoms with Crippen LogP contribution in [0.2, 0.25) is 0 Å². The number of hydrogen-bond donors (Lipinski definition) is 3. The quantitative estimate of drug-likeness (QED) is 0.738. The zero-order chi connectivity index (χ0) is 16.0. The Hall–Kier alpha value is -1.88. The molecule has 1 rings (SSSR count). The molecule has 1 aromatic rings. The summed E-state index contributed by atoms with van der Waals surface area (Å²) in [6.07, 6.45) is -0.589. The lowest BCUT2D eigenvalue weighted by Gasteiger charge is -2.18. The number of benzene rings is 1. The molecule has 0 spiro atoms. The van der Waals surface area contributed by atoms with E-state index in [0.717, 1.165) is 5.56 Å². The number of aliphatic hydroxyl groups is 1. The number of aryl methyl sites for hydroxylation is 1. The van der Waals surface area contributed by atoms with E-state index in [1.165, 1.54) is 0 Å². The second-order valence-electron chi connectivity index (χ2n) is 5.62. The van der Waals surface area contributed by atoms with Crippen molar-refractivity contribution >= 4 is 11.8 Å². The van der Waals surface area contributed by atoms with Crippen LogP contribution in [-0.2, 0) is 4.79 Å². The summed E-state index contributed by atoms with van der Waals surface area (Å²) in [5, 5.41) is 14.9. The molecule has 5 heteroatoms. The molecule has 0 aromatic heterocycles. The zero-order valence-electron chi connectivity index (χ0n) is 13.0. The van der Waals surface area contributed by atoms with Gasteiger partial charge in [-0.3, -0.25) is 9.59 Å². The summed E-state index contributed by atoms with van der Waals surface area (Å²) in [6.45, 7) is 7.45. The summed E-state index contributed by atoms with van der Waals surface area (Å²) in [4.78, 5) is 23.9. The molecule has 2 amide bonds. The van der Waals surface area contributed by atoms with Crippen molar-refractivity contribution < 1.29 is 14.7 Å². The molecule has 1 aromatic carbocycles. The minimum absolute atomic E-state index is 0.0718. The molecule has 0 aliphatic heterocycles. The molecule has 0 aliphatic carbocycles. The predicted molar refractivity (Wildman–Crippen MR) is 82.0 cm³/mol. The predicted octanol–water partition coefficient (Wildman–Crippen LogP) is 1.25. The number of carbonyl (C=O) groups is 2. The molecule has 116 valence electrons. The maximum absolute atomic E-state index is 12.0. The number of rotatable bonds is 6. The Morgan fingerprint density at radius 3 is 2.48 bits per heavy atom. The third-order valence-corrected chi connectivity index (χ3v) is 3.28. The second kappa shape index (κ2) is 7.78. The smallest absolute Gasteiger partial charge is 0.251 e. The molecule has 2 atom stereocenters. The highest BCUT2D eigenvalue weighted by molar-refractivity contribution is 5.97. The van der Waals surface area contributed by atoms with Gasteiger partial charge in [-0.05, 0) is 31.9 Å². The van der Waals surface area contributed by atoms with Crippen LogP contribution in [0, 0.1) is 12.8 Å². The van der Waals surface area contributed by atoms with Crippen LogP contribution in [0.4, 0.5) is 0 Å². The van der Waals surface area contributed by atoms with E-state index in [-0.39, 0.29) is 24.3 Å². The Kier molecular flexibility index (Phi) is 6.37. The van der Waals surface area contributed by atoms with Gasteiger partial charge in [0.1, 0.15) is 6.04 Å². The van der Waals surface area contributed by atoms with Gasteiger partial charge in [-0.2, -0.15) is 0 Å². The largest absolute Gasteiger partial charge is 0.391 e. The summed E-state index contributed by atoms with van der Waals surface area (Å²) in [5.41, 5.74) is 1.51. The van der Waals surface area contributed by atoms with Crippen LogP contribution in [0.3, 0.4) is 0 Å². The molecule has 5 nitrogen and oxygen atoms in total. The molecule has 0 saturated heterocycles. The van der Waals surface area contributed by atoms with Crippen molar-refractivity contribution in [2.24, 2.45) is 5.92 Å². The summed E-state index contributed by atoms with van der Waals surface area (Å²) < 4.78 is 0. The van der Waals surface area contributed by atoms with E-state index >= 15 is 0 Å². The lowest BCUT2D eigenvalue weighted by atomic mass is 10.1. The molecule has 2 unspecified atom stereocenters. The molecular weight excluding hydrogens is 268 g/mol. The molecule has 0 aliphatic rings. The fourth-order valence-electron chi connectivity index (χ4n) is 1.73. The van der Waals surface area contributed by atoms with Crippen molar-refractivity contribution in [3.05, 3.63) is 35.4 Å². The van der Waals surface area contributed by atoms with E-state index in [9.17, 15) is 14.7 Å². The first-order valence-electron chi connectivity index (χ1n) is 7.14. The van der Waals surface area contributed by atoms with Gasteiger partial charge in [-0.1, -0.05) is 31.5 Å². The Bertz CT molecular complexity index is 500. The monoisotopic (exact) mass is 292 g/mol. The van der Waals surface area contributed by atoms with Gasteiger partial charge in [0.25, 0.3) is 5.91 Å². The van der Waals surface area contributed by atoms with Gasteiger partial charge in [0, 0.05) is 12.1 Å². The van der Waals surface area contributed by atoms with Crippen LogP contribution in [0.5, 0.6) is 0 Å². The first-order valence-corrected chi connectivity index (χ1v) is 7.14. The fourth-order valence-corrected chi connectivity index (χ4v) is 1.73. The number of aliphatic hydroxyl groups excluding tert-OH is 1. The van der Waals surface area contributed by atoms with E-state index in [2.05, 4.69) is 10.6 Å². The van der Waals surface area contributed by atoms with Crippen LogP contribution in [0.1, 0.15) is 36.7 Å². The molecule has 0 bridgehead atoms. The maximum Gasteiger partial charge on any atom is 0.251 e. The SMILES string of the molecule is Cc1cccc(C(=O)NC(C)C(=O)NCC(O)C(C)C)c1. The molecule has 3 N–H and O–H groups in total. The first kappa shape index (κ1) is 17.2. The minimum atomic E-state index is -0.655. The lowest BCUT2D eigenvalue weighted by Crippen LogP contribution is -2.47. The fraction of sp³-hybridized carbons (Fsp3) is 0.500. The Morgan fingerprint density at radius 2 is 1.90 bits per heavy atom.